The summed E-state index contributed by atoms with van der Waals surface area (Å²) in [6.45, 7) is 0.538. The second-order valence-electron chi connectivity index (χ2n) is 8.12. The molecule has 1 aliphatic carbocycles. The SMILES string of the molecule is COc1ncc(C(=O)NCc2c(F)cccc2OCC2CC2)cc1-c1ccn2nc(N)nc2c1. The van der Waals surface area contributed by atoms with E-state index in [1.807, 2.05) is 0 Å². The zero-order valence-electron chi connectivity index (χ0n) is 18.5. The monoisotopic (exact) mass is 462 g/mol. The number of nitrogen functional groups attached to an aromatic ring is 1. The van der Waals surface area contributed by atoms with Crippen LogP contribution in [0.25, 0.3) is 16.8 Å². The number of nitrogens with one attached hydrogen (secondary N) is 1. The van der Waals surface area contributed by atoms with Gasteiger partial charge in [0.05, 0.1) is 19.3 Å². The molecule has 1 amide bonds. The first-order valence-electron chi connectivity index (χ1n) is 10.9. The van der Waals surface area contributed by atoms with Crippen molar-refractivity contribution in [2.75, 3.05) is 19.5 Å². The van der Waals surface area contributed by atoms with Gasteiger partial charge in [-0.3, -0.25) is 4.79 Å². The molecule has 0 atom stereocenters. The topological polar surface area (TPSA) is 117 Å². The predicted octanol–water partition coefficient (Wildman–Crippen LogP) is 3.24. The Kier molecular flexibility index (Phi) is 5.70. The van der Waals surface area contributed by atoms with Gasteiger partial charge < -0.3 is 20.5 Å². The van der Waals surface area contributed by atoms with E-state index in [1.165, 1.54) is 19.4 Å². The molecule has 0 unspecified atom stereocenters. The van der Waals surface area contributed by atoms with Gasteiger partial charge in [-0.2, -0.15) is 4.98 Å². The highest BCUT2D eigenvalue weighted by Crippen LogP contribution is 2.31. The molecule has 0 radical (unpaired) electrons. The zero-order chi connectivity index (χ0) is 23.7. The molecule has 3 heterocycles. The molecule has 3 N–H and O–H groups in total. The number of nitrogens with zero attached hydrogens (tertiary/aromatic N) is 4. The first kappa shape index (κ1) is 21.6. The smallest absolute Gasteiger partial charge is 0.253 e. The number of benzene rings is 1. The molecule has 0 spiro atoms. The highest BCUT2D eigenvalue weighted by atomic mass is 19.1. The fourth-order valence-electron chi connectivity index (χ4n) is 3.62. The number of aromatic nitrogens is 4. The average Bonchev–Trinajstić information content (AvgIpc) is 3.60. The van der Waals surface area contributed by atoms with Gasteiger partial charge in [-0.1, -0.05) is 6.07 Å². The summed E-state index contributed by atoms with van der Waals surface area (Å²) in [5.41, 5.74) is 8.15. The van der Waals surface area contributed by atoms with Gasteiger partial charge >= 0.3 is 0 Å². The summed E-state index contributed by atoms with van der Waals surface area (Å²) in [5, 5.41) is 6.83. The second kappa shape index (κ2) is 8.97. The molecular weight excluding hydrogens is 439 g/mol. The number of methoxy groups -OCH3 is 1. The Hall–Kier alpha value is -4.21. The first-order chi connectivity index (χ1) is 16.5. The minimum absolute atomic E-state index is 0.0160. The number of carbonyl (C=O) groups excluding carboxylic acids is 1. The molecule has 3 aromatic heterocycles. The molecule has 1 aliphatic rings. The molecule has 0 bridgehead atoms. The number of anilines is 1. The number of amides is 1. The number of nitrogens with two attached hydrogens (primary N) is 1. The maximum atomic E-state index is 14.5. The van der Waals surface area contributed by atoms with E-state index in [2.05, 4.69) is 20.4 Å². The fourth-order valence-corrected chi connectivity index (χ4v) is 3.62. The average molecular weight is 462 g/mol. The van der Waals surface area contributed by atoms with E-state index in [4.69, 9.17) is 15.2 Å². The van der Waals surface area contributed by atoms with Crippen LogP contribution in [0.3, 0.4) is 0 Å². The number of hydrogen-bond donors (Lipinski definition) is 2. The van der Waals surface area contributed by atoms with Crippen LogP contribution in [0, 0.1) is 11.7 Å². The number of fused-ring (bicyclic) bond motifs is 1. The van der Waals surface area contributed by atoms with Crippen LogP contribution in [-0.4, -0.2) is 39.2 Å². The van der Waals surface area contributed by atoms with Gasteiger partial charge in [-0.05, 0) is 54.7 Å². The molecule has 10 heteroatoms. The van der Waals surface area contributed by atoms with E-state index in [1.54, 1.807) is 41.0 Å². The van der Waals surface area contributed by atoms with E-state index < -0.39 is 11.7 Å². The molecular formula is C24H23FN6O3. The summed E-state index contributed by atoms with van der Waals surface area (Å²) in [6, 6.07) is 9.90. The molecule has 4 aromatic rings. The summed E-state index contributed by atoms with van der Waals surface area (Å²) in [4.78, 5) is 21.4. The number of ether oxygens (including phenoxy) is 2. The van der Waals surface area contributed by atoms with E-state index in [-0.39, 0.29) is 12.5 Å². The first-order valence-corrected chi connectivity index (χ1v) is 10.9. The molecule has 5 rings (SSSR count). The van der Waals surface area contributed by atoms with Gasteiger partial charge in [0.15, 0.2) is 5.65 Å². The van der Waals surface area contributed by atoms with Gasteiger partial charge in [0.1, 0.15) is 11.6 Å². The van der Waals surface area contributed by atoms with Crippen LogP contribution in [0.5, 0.6) is 11.6 Å². The van der Waals surface area contributed by atoms with Crippen LogP contribution in [0.15, 0.2) is 48.8 Å². The molecule has 0 aliphatic heterocycles. The van der Waals surface area contributed by atoms with Crippen molar-refractivity contribution in [1.29, 1.82) is 0 Å². The predicted molar refractivity (Wildman–Crippen MR) is 123 cm³/mol. The molecule has 174 valence electrons. The van der Waals surface area contributed by atoms with Gasteiger partial charge in [-0.25, -0.2) is 13.9 Å². The second-order valence-corrected chi connectivity index (χ2v) is 8.12. The molecule has 34 heavy (non-hydrogen) atoms. The van der Waals surface area contributed by atoms with E-state index in [0.29, 0.717) is 46.5 Å². The number of rotatable bonds is 8. The van der Waals surface area contributed by atoms with Crippen molar-refractivity contribution in [2.24, 2.45) is 5.92 Å². The maximum absolute atomic E-state index is 14.5. The third-order valence-electron chi connectivity index (χ3n) is 5.64. The van der Waals surface area contributed by atoms with E-state index >= 15 is 0 Å². The van der Waals surface area contributed by atoms with Crippen molar-refractivity contribution in [3.63, 3.8) is 0 Å². The van der Waals surface area contributed by atoms with Crippen LogP contribution in [0.1, 0.15) is 28.8 Å². The zero-order valence-corrected chi connectivity index (χ0v) is 18.5. The van der Waals surface area contributed by atoms with Gasteiger partial charge in [0.2, 0.25) is 11.8 Å². The Morgan fingerprint density at radius 1 is 1.29 bits per heavy atom. The molecule has 9 nitrogen and oxygen atoms in total. The summed E-state index contributed by atoms with van der Waals surface area (Å²) in [7, 11) is 1.50. The Balaban J connectivity index is 1.37. The Bertz CT molecular complexity index is 1370. The standard InChI is InChI=1S/C24H23FN6O3/c1-33-23-17(15-7-8-31-21(10-15)29-24(26)30-31)9-16(11-28-23)22(32)27-12-18-19(25)3-2-4-20(18)34-13-14-5-6-14/h2-4,7-11,14H,5-6,12-13H2,1H3,(H2,26,30)(H,27,32). The lowest BCUT2D eigenvalue weighted by atomic mass is 10.1. The van der Waals surface area contributed by atoms with Crippen LogP contribution >= 0.6 is 0 Å². The normalized spacial score (nSPS) is 13.1. The van der Waals surface area contributed by atoms with Crippen LogP contribution < -0.4 is 20.5 Å². The van der Waals surface area contributed by atoms with E-state index in [9.17, 15) is 9.18 Å². The summed E-state index contributed by atoms with van der Waals surface area (Å²) in [5.74, 6) is 0.649. The largest absolute Gasteiger partial charge is 0.493 e. The molecule has 1 saturated carbocycles. The van der Waals surface area contributed by atoms with Crippen molar-refractivity contribution in [1.82, 2.24) is 24.9 Å². The van der Waals surface area contributed by atoms with Crippen LogP contribution in [-0.2, 0) is 6.54 Å². The summed E-state index contributed by atoms with van der Waals surface area (Å²) < 4.78 is 27.2. The van der Waals surface area contributed by atoms with E-state index in [0.717, 1.165) is 18.4 Å². The fraction of sp³-hybridized carbons (Fsp3) is 0.250. The lowest BCUT2D eigenvalue weighted by molar-refractivity contribution is 0.0950. The van der Waals surface area contributed by atoms with Crippen molar-refractivity contribution in [3.8, 4) is 22.8 Å². The minimum atomic E-state index is -0.428. The third kappa shape index (κ3) is 4.47. The highest BCUT2D eigenvalue weighted by molar-refractivity contribution is 5.95. The lowest BCUT2D eigenvalue weighted by Gasteiger charge is -2.14. The van der Waals surface area contributed by atoms with Gasteiger partial charge in [0, 0.05) is 30.1 Å². The molecule has 1 fully saturated rings. The number of halogens is 1. The van der Waals surface area contributed by atoms with Crippen molar-refractivity contribution in [2.45, 2.75) is 19.4 Å². The Morgan fingerprint density at radius 3 is 2.94 bits per heavy atom. The Labute approximate surface area is 194 Å². The summed E-state index contributed by atoms with van der Waals surface area (Å²) in [6.07, 6.45) is 5.38. The van der Waals surface area contributed by atoms with Crippen molar-refractivity contribution in [3.05, 3.63) is 65.7 Å². The lowest BCUT2D eigenvalue weighted by Crippen LogP contribution is -2.24. The third-order valence-corrected chi connectivity index (χ3v) is 5.64. The van der Waals surface area contributed by atoms with Gasteiger partial charge in [-0.15, -0.1) is 5.10 Å². The quantitative estimate of drug-likeness (QED) is 0.413. The number of carbonyl (C=O) groups is 1. The van der Waals surface area contributed by atoms with Crippen LogP contribution in [0.4, 0.5) is 10.3 Å². The minimum Gasteiger partial charge on any atom is -0.493 e. The van der Waals surface area contributed by atoms with Crippen molar-refractivity contribution >= 4 is 17.5 Å². The number of pyridine rings is 2. The van der Waals surface area contributed by atoms with Crippen LogP contribution in [0.2, 0.25) is 0 Å². The number of hydrogen-bond acceptors (Lipinski definition) is 7. The van der Waals surface area contributed by atoms with Gasteiger partial charge in [0.25, 0.3) is 5.91 Å². The van der Waals surface area contributed by atoms with Crippen molar-refractivity contribution < 1.29 is 18.7 Å². The molecule has 1 aromatic carbocycles. The molecule has 0 saturated heterocycles. The maximum Gasteiger partial charge on any atom is 0.253 e. The summed E-state index contributed by atoms with van der Waals surface area (Å²) >= 11 is 0. The highest BCUT2D eigenvalue weighted by Gasteiger charge is 2.23. The Morgan fingerprint density at radius 2 is 2.15 bits per heavy atom.